The van der Waals surface area contributed by atoms with Gasteiger partial charge < -0.3 is 9.80 Å². The maximum Gasteiger partial charge on any atom is 0.0437 e. The van der Waals surface area contributed by atoms with Crippen molar-refractivity contribution < 1.29 is 0 Å². The molecule has 0 saturated carbocycles. The minimum absolute atomic E-state index is 1.04. The van der Waals surface area contributed by atoms with E-state index in [4.69, 9.17) is 0 Å². The monoisotopic (exact) mass is 200 g/mol. The van der Waals surface area contributed by atoms with Crippen molar-refractivity contribution in [3.8, 4) is 12.0 Å². The second kappa shape index (κ2) is 4.75. The van der Waals surface area contributed by atoms with Gasteiger partial charge in [0.25, 0.3) is 0 Å². The first-order valence-electron chi connectivity index (χ1n) is 5.37. The molecule has 1 aromatic rings. The van der Waals surface area contributed by atoms with Gasteiger partial charge in [-0.3, -0.25) is 0 Å². The lowest BCUT2D eigenvalue weighted by atomic mass is 10.2. The molecule has 0 unspecified atom stereocenters. The molecule has 1 heterocycles. The number of hydrogen-bond acceptors (Lipinski definition) is 2. The van der Waals surface area contributed by atoms with Gasteiger partial charge in [0.15, 0.2) is 0 Å². The first-order valence-corrected chi connectivity index (χ1v) is 5.37. The van der Waals surface area contributed by atoms with Gasteiger partial charge in [-0.05, 0) is 19.1 Å². The molecule has 1 fully saturated rings. The van der Waals surface area contributed by atoms with Crippen molar-refractivity contribution in [2.45, 2.75) is 6.92 Å². The zero-order valence-corrected chi connectivity index (χ0v) is 9.11. The Labute approximate surface area is 91.5 Å². The maximum absolute atomic E-state index is 3.11. The van der Waals surface area contributed by atoms with Crippen LogP contribution in [0.4, 0.5) is 5.69 Å². The van der Waals surface area contributed by atoms with Crippen LogP contribution in [0.25, 0.3) is 0 Å². The fourth-order valence-corrected chi connectivity index (χ4v) is 1.87. The number of piperazine rings is 1. The summed E-state index contributed by atoms with van der Waals surface area (Å²) in [5.74, 6) is 2.95. The minimum Gasteiger partial charge on any atom is -0.368 e. The quantitative estimate of drug-likeness (QED) is 0.638. The van der Waals surface area contributed by atoms with Crippen LogP contribution in [0.1, 0.15) is 6.92 Å². The largest absolute Gasteiger partial charge is 0.368 e. The van der Waals surface area contributed by atoms with Crippen molar-refractivity contribution >= 4 is 5.69 Å². The van der Waals surface area contributed by atoms with Gasteiger partial charge in [0, 0.05) is 37.9 Å². The normalized spacial score (nSPS) is 15.8. The van der Waals surface area contributed by atoms with Gasteiger partial charge in [-0.15, -0.1) is 0 Å². The highest BCUT2D eigenvalue weighted by molar-refractivity contribution is 5.46. The summed E-state index contributed by atoms with van der Waals surface area (Å²) in [4.78, 5) is 4.60. The third kappa shape index (κ3) is 2.44. The topological polar surface area (TPSA) is 6.48 Å². The van der Waals surface area contributed by atoms with E-state index in [1.165, 1.54) is 5.69 Å². The predicted molar refractivity (Wildman–Crippen MR) is 63.7 cm³/mol. The lowest BCUT2D eigenvalue weighted by Crippen LogP contribution is -2.44. The van der Waals surface area contributed by atoms with Gasteiger partial charge in [0.1, 0.15) is 0 Å². The van der Waals surface area contributed by atoms with Crippen molar-refractivity contribution in [3.63, 3.8) is 0 Å². The molecule has 0 amide bonds. The van der Waals surface area contributed by atoms with E-state index in [1.54, 1.807) is 0 Å². The Morgan fingerprint density at radius 1 is 1.00 bits per heavy atom. The molecule has 1 aromatic carbocycles. The Kier molecular flexibility index (Phi) is 3.14. The van der Waals surface area contributed by atoms with Crippen LogP contribution in [-0.2, 0) is 0 Å². The van der Waals surface area contributed by atoms with Crippen molar-refractivity contribution in [3.05, 3.63) is 30.3 Å². The van der Waals surface area contributed by atoms with Gasteiger partial charge in [0.2, 0.25) is 0 Å². The van der Waals surface area contributed by atoms with Crippen molar-refractivity contribution in [2.24, 2.45) is 0 Å². The van der Waals surface area contributed by atoms with Gasteiger partial charge in [-0.1, -0.05) is 24.1 Å². The van der Waals surface area contributed by atoms with E-state index in [1.807, 2.05) is 6.92 Å². The molecule has 2 heteroatoms. The summed E-state index contributed by atoms with van der Waals surface area (Å²) in [6.07, 6.45) is 0. The van der Waals surface area contributed by atoms with Crippen LogP contribution in [0.3, 0.4) is 0 Å². The SMILES string of the molecule is CC#CN1CCN(c2ccccc2)CC1. The summed E-state index contributed by atoms with van der Waals surface area (Å²) in [6.45, 7) is 6.10. The van der Waals surface area contributed by atoms with E-state index >= 15 is 0 Å². The number of benzene rings is 1. The Morgan fingerprint density at radius 3 is 2.27 bits per heavy atom. The molecule has 15 heavy (non-hydrogen) atoms. The van der Waals surface area contributed by atoms with Gasteiger partial charge in [-0.25, -0.2) is 0 Å². The molecule has 0 N–H and O–H groups in total. The molecular formula is C13H16N2. The van der Waals surface area contributed by atoms with Gasteiger partial charge in [0.05, 0.1) is 0 Å². The van der Waals surface area contributed by atoms with E-state index < -0.39 is 0 Å². The lowest BCUT2D eigenvalue weighted by Gasteiger charge is -2.34. The summed E-state index contributed by atoms with van der Waals surface area (Å²) in [5, 5.41) is 0. The zero-order valence-electron chi connectivity index (χ0n) is 9.11. The summed E-state index contributed by atoms with van der Waals surface area (Å²) in [6, 6.07) is 13.7. The molecule has 0 radical (unpaired) electrons. The summed E-state index contributed by atoms with van der Waals surface area (Å²) in [5.41, 5.74) is 1.32. The summed E-state index contributed by atoms with van der Waals surface area (Å²) >= 11 is 0. The smallest absolute Gasteiger partial charge is 0.0437 e. The number of para-hydroxylation sites is 1. The van der Waals surface area contributed by atoms with Crippen LogP contribution >= 0.6 is 0 Å². The Hall–Kier alpha value is -1.62. The Morgan fingerprint density at radius 2 is 1.67 bits per heavy atom. The molecule has 0 atom stereocenters. The molecule has 0 bridgehead atoms. The molecule has 0 aliphatic carbocycles. The van der Waals surface area contributed by atoms with E-state index in [0.717, 1.165) is 26.2 Å². The molecule has 2 rings (SSSR count). The standard InChI is InChI=1S/C13H16N2/c1-2-8-14-9-11-15(12-10-14)13-6-4-3-5-7-13/h3-7H,9-12H2,1H3. The highest BCUT2D eigenvalue weighted by atomic mass is 15.2. The highest BCUT2D eigenvalue weighted by Crippen LogP contribution is 2.14. The number of hydrogen-bond donors (Lipinski definition) is 0. The average Bonchev–Trinajstić information content (AvgIpc) is 2.32. The Balaban J connectivity index is 1.96. The van der Waals surface area contributed by atoms with Crippen LogP contribution < -0.4 is 4.90 Å². The summed E-state index contributed by atoms with van der Waals surface area (Å²) in [7, 11) is 0. The third-order valence-corrected chi connectivity index (χ3v) is 2.67. The van der Waals surface area contributed by atoms with E-state index in [0.29, 0.717) is 0 Å². The fraction of sp³-hybridized carbons (Fsp3) is 0.385. The molecule has 1 saturated heterocycles. The van der Waals surface area contributed by atoms with Crippen LogP contribution in [0.5, 0.6) is 0 Å². The highest BCUT2D eigenvalue weighted by Gasteiger charge is 2.14. The van der Waals surface area contributed by atoms with Crippen LogP contribution in [0, 0.1) is 12.0 Å². The first kappa shape index (κ1) is 9.92. The zero-order chi connectivity index (χ0) is 10.5. The molecule has 78 valence electrons. The van der Waals surface area contributed by atoms with Gasteiger partial charge in [-0.2, -0.15) is 0 Å². The first-order chi connectivity index (χ1) is 7.40. The number of rotatable bonds is 1. The number of nitrogens with zero attached hydrogens (tertiary/aromatic N) is 2. The second-order valence-electron chi connectivity index (χ2n) is 3.67. The van der Waals surface area contributed by atoms with Crippen molar-refractivity contribution in [1.29, 1.82) is 0 Å². The predicted octanol–water partition coefficient (Wildman–Crippen LogP) is 1.79. The molecular weight excluding hydrogens is 184 g/mol. The van der Waals surface area contributed by atoms with E-state index in [-0.39, 0.29) is 0 Å². The second-order valence-corrected chi connectivity index (χ2v) is 3.67. The molecule has 0 spiro atoms. The van der Waals surface area contributed by atoms with Crippen molar-refractivity contribution in [1.82, 2.24) is 4.90 Å². The van der Waals surface area contributed by atoms with Gasteiger partial charge >= 0.3 is 0 Å². The molecule has 0 aromatic heterocycles. The van der Waals surface area contributed by atoms with Crippen LogP contribution in [0.2, 0.25) is 0 Å². The summed E-state index contributed by atoms with van der Waals surface area (Å²) < 4.78 is 0. The molecule has 1 aliphatic heterocycles. The number of anilines is 1. The molecule has 2 nitrogen and oxygen atoms in total. The maximum atomic E-state index is 3.11. The van der Waals surface area contributed by atoms with E-state index in [9.17, 15) is 0 Å². The van der Waals surface area contributed by atoms with Crippen LogP contribution in [-0.4, -0.2) is 31.1 Å². The fourth-order valence-electron chi connectivity index (χ4n) is 1.87. The minimum atomic E-state index is 1.04. The Bertz CT molecular complexity index is 353. The third-order valence-electron chi connectivity index (χ3n) is 2.67. The average molecular weight is 200 g/mol. The molecule has 1 aliphatic rings. The van der Waals surface area contributed by atoms with Crippen molar-refractivity contribution in [2.75, 3.05) is 31.1 Å². The lowest BCUT2D eigenvalue weighted by molar-refractivity contribution is 0.368. The van der Waals surface area contributed by atoms with E-state index in [2.05, 4.69) is 52.1 Å². The van der Waals surface area contributed by atoms with Crippen LogP contribution in [0.15, 0.2) is 30.3 Å².